The molecule has 0 saturated carbocycles. The van der Waals surface area contributed by atoms with E-state index < -0.39 is 0 Å². The molecule has 10 heteroatoms. The van der Waals surface area contributed by atoms with Gasteiger partial charge in [0.1, 0.15) is 5.82 Å². The summed E-state index contributed by atoms with van der Waals surface area (Å²) in [5.41, 5.74) is 4.74. The Morgan fingerprint density at radius 1 is 1.12 bits per heavy atom. The number of anilines is 3. The van der Waals surface area contributed by atoms with E-state index in [1.54, 1.807) is 23.9 Å². The summed E-state index contributed by atoms with van der Waals surface area (Å²) in [7, 11) is 1.76. The number of pyridine rings is 1. The number of amides is 2. The second-order valence-electron chi connectivity index (χ2n) is 12.2. The van der Waals surface area contributed by atoms with E-state index in [9.17, 15) is 9.59 Å². The summed E-state index contributed by atoms with van der Waals surface area (Å²) < 4.78 is 7.29. The van der Waals surface area contributed by atoms with Crippen molar-refractivity contribution >= 4 is 23.2 Å². The Morgan fingerprint density at radius 2 is 1.90 bits per heavy atom. The lowest BCUT2D eigenvalue weighted by atomic mass is 9.92. The van der Waals surface area contributed by atoms with Crippen molar-refractivity contribution in [1.29, 1.82) is 0 Å². The molecule has 2 aromatic heterocycles. The van der Waals surface area contributed by atoms with Crippen LogP contribution in [0.2, 0.25) is 0 Å². The maximum absolute atomic E-state index is 12.4. The fraction of sp³-hybridized carbons (Fsp3) is 0.484. The number of aromatic nitrogens is 3. The van der Waals surface area contributed by atoms with Gasteiger partial charge in [-0.15, -0.1) is 0 Å². The number of nitrogens with one attached hydrogen (secondary N) is 2. The smallest absolute Gasteiger partial charge is 0.319 e. The van der Waals surface area contributed by atoms with Crippen LogP contribution in [0, 0.1) is 5.41 Å². The Kier molecular flexibility index (Phi) is 8.30. The van der Waals surface area contributed by atoms with Gasteiger partial charge in [0.2, 0.25) is 0 Å². The number of urea groups is 1. The summed E-state index contributed by atoms with van der Waals surface area (Å²) in [6.07, 6.45) is 3.49. The number of nitrogens with zero attached hydrogens (tertiary/aromatic N) is 5. The average Bonchev–Trinajstić information content (AvgIpc) is 2.93. The van der Waals surface area contributed by atoms with Crippen molar-refractivity contribution in [2.75, 3.05) is 48.0 Å². The first-order valence-electron chi connectivity index (χ1n) is 14.4. The van der Waals surface area contributed by atoms with E-state index in [0.29, 0.717) is 37.8 Å². The molecule has 0 aliphatic carbocycles. The first-order valence-corrected chi connectivity index (χ1v) is 14.4. The summed E-state index contributed by atoms with van der Waals surface area (Å²) in [6, 6.07) is 11.3. The van der Waals surface area contributed by atoms with Crippen LogP contribution < -0.4 is 26.0 Å². The summed E-state index contributed by atoms with van der Waals surface area (Å²) >= 11 is 0. The van der Waals surface area contributed by atoms with E-state index in [4.69, 9.17) is 14.7 Å². The quantitative estimate of drug-likeness (QED) is 0.467. The van der Waals surface area contributed by atoms with Crippen molar-refractivity contribution in [3.05, 3.63) is 64.2 Å². The Hall–Kier alpha value is -3.92. The fourth-order valence-corrected chi connectivity index (χ4v) is 5.20. The van der Waals surface area contributed by atoms with Gasteiger partial charge >= 0.3 is 6.03 Å². The molecule has 0 bridgehead atoms. The summed E-state index contributed by atoms with van der Waals surface area (Å²) in [5, 5.41) is 5.84. The van der Waals surface area contributed by atoms with E-state index >= 15 is 0 Å². The number of fused-ring (bicyclic) bond motifs is 1. The Bertz CT molecular complexity index is 1450. The minimum Gasteiger partial charge on any atom is -0.377 e. The molecular weight excluding hydrogens is 518 g/mol. The topological polar surface area (TPSA) is 105 Å². The highest BCUT2D eigenvalue weighted by Crippen LogP contribution is 2.33. The molecule has 1 unspecified atom stereocenters. The number of carbonyl (C=O) groups is 1. The summed E-state index contributed by atoms with van der Waals surface area (Å²) in [5.74, 6) is 1.61. The molecular formula is C31H41N7O3. The molecule has 41 heavy (non-hydrogen) atoms. The normalized spacial score (nSPS) is 17.2. The monoisotopic (exact) mass is 559 g/mol. The van der Waals surface area contributed by atoms with Crippen molar-refractivity contribution in [3.63, 3.8) is 0 Å². The number of aryl methyl sites for hydroxylation is 1. The van der Waals surface area contributed by atoms with Crippen LogP contribution in [0.25, 0.3) is 11.4 Å². The number of hydrogen-bond donors (Lipinski definition) is 2. The van der Waals surface area contributed by atoms with E-state index in [1.165, 1.54) is 0 Å². The second-order valence-corrected chi connectivity index (χ2v) is 12.2. The Labute approximate surface area is 241 Å². The van der Waals surface area contributed by atoms with Crippen LogP contribution in [-0.2, 0) is 24.8 Å². The molecule has 3 aromatic rings. The van der Waals surface area contributed by atoms with Crippen molar-refractivity contribution in [2.24, 2.45) is 12.5 Å². The van der Waals surface area contributed by atoms with Crippen LogP contribution in [0.4, 0.5) is 22.0 Å². The minimum atomic E-state index is -0.216. The van der Waals surface area contributed by atoms with E-state index in [1.807, 2.05) is 30.3 Å². The standard InChI is InChI=1S/C31H41N7O3/c1-21-20-41-17-16-38(21)29-25-11-15-37(24-10-14-36(5)27(39)18-24)19-26(25)34-28(35-29)22-6-8-23(9-7-22)33-30(40)32-13-12-31(2,3)4/h6-10,14,18,21H,11-13,15-17,19-20H2,1-5H3,(H2,32,33,40). The van der Waals surface area contributed by atoms with Gasteiger partial charge in [-0.2, -0.15) is 0 Å². The third-order valence-corrected chi connectivity index (χ3v) is 7.70. The summed E-state index contributed by atoms with van der Waals surface area (Å²) in [6.45, 7) is 12.7. The fourth-order valence-electron chi connectivity index (χ4n) is 5.20. The van der Waals surface area contributed by atoms with Gasteiger partial charge in [0.05, 0.1) is 31.5 Å². The van der Waals surface area contributed by atoms with Crippen LogP contribution in [0.5, 0.6) is 0 Å². The molecule has 1 saturated heterocycles. The van der Waals surface area contributed by atoms with Crippen LogP contribution in [0.1, 0.15) is 45.4 Å². The van der Waals surface area contributed by atoms with Gasteiger partial charge in [-0.3, -0.25) is 4.79 Å². The highest BCUT2D eigenvalue weighted by Gasteiger charge is 2.29. The van der Waals surface area contributed by atoms with Crippen LogP contribution >= 0.6 is 0 Å². The van der Waals surface area contributed by atoms with Gasteiger partial charge in [-0.05, 0) is 55.5 Å². The van der Waals surface area contributed by atoms with Gasteiger partial charge in [0, 0.05) is 61.4 Å². The SMILES string of the molecule is CC1COCCN1c1nc(-c2ccc(NC(=O)NCCC(C)(C)C)cc2)nc2c1CCN(c1ccn(C)c(=O)c1)C2. The molecule has 1 aromatic carbocycles. The zero-order chi connectivity index (χ0) is 29.1. The number of benzene rings is 1. The third-order valence-electron chi connectivity index (χ3n) is 7.70. The molecule has 0 radical (unpaired) electrons. The number of hydrogen-bond acceptors (Lipinski definition) is 7. The van der Waals surface area contributed by atoms with Gasteiger partial charge in [0.25, 0.3) is 5.56 Å². The lowest BCUT2D eigenvalue weighted by Crippen LogP contribution is -2.45. The number of rotatable bonds is 6. The first kappa shape index (κ1) is 28.6. The van der Waals surface area contributed by atoms with Crippen molar-refractivity contribution in [1.82, 2.24) is 19.9 Å². The summed E-state index contributed by atoms with van der Waals surface area (Å²) in [4.78, 5) is 39.4. The molecule has 1 fully saturated rings. The lowest BCUT2D eigenvalue weighted by Gasteiger charge is -2.38. The van der Waals surface area contributed by atoms with E-state index in [2.05, 4.69) is 48.1 Å². The molecule has 2 N–H and O–H groups in total. The molecule has 0 spiro atoms. The lowest BCUT2D eigenvalue weighted by molar-refractivity contribution is 0.0984. The van der Waals surface area contributed by atoms with E-state index in [0.717, 1.165) is 54.3 Å². The third kappa shape index (κ3) is 6.87. The van der Waals surface area contributed by atoms with Crippen molar-refractivity contribution in [3.8, 4) is 11.4 Å². The molecule has 2 aliphatic heterocycles. The van der Waals surface area contributed by atoms with E-state index in [-0.39, 0.29) is 23.0 Å². The van der Waals surface area contributed by atoms with Crippen molar-refractivity contribution < 1.29 is 9.53 Å². The highest BCUT2D eigenvalue weighted by atomic mass is 16.5. The van der Waals surface area contributed by atoms with Gasteiger partial charge < -0.3 is 29.7 Å². The maximum atomic E-state index is 12.4. The predicted molar refractivity (Wildman–Crippen MR) is 163 cm³/mol. The Balaban J connectivity index is 1.40. The molecule has 10 nitrogen and oxygen atoms in total. The zero-order valence-electron chi connectivity index (χ0n) is 24.7. The molecule has 2 aliphatic rings. The minimum absolute atomic E-state index is 0.0314. The molecule has 1 atom stereocenters. The van der Waals surface area contributed by atoms with Gasteiger partial charge in [-0.1, -0.05) is 20.8 Å². The van der Waals surface area contributed by atoms with Gasteiger partial charge in [0.15, 0.2) is 5.82 Å². The number of morpholine rings is 1. The molecule has 218 valence electrons. The highest BCUT2D eigenvalue weighted by molar-refractivity contribution is 5.89. The average molecular weight is 560 g/mol. The molecule has 5 rings (SSSR count). The molecule has 4 heterocycles. The van der Waals surface area contributed by atoms with Crippen LogP contribution in [-0.4, -0.2) is 59.5 Å². The van der Waals surface area contributed by atoms with Crippen LogP contribution in [0.3, 0.4) is 0 Å². The first-order chi connectivity index (χ1) is 19.6. The van der Waals surface area contributed by atoms with Crippen molar-refractivity contribution in [2.45, 2.75) is 53.1 Å². The Morgan fingerprint density at radius 3 is 2.61 bits per heavy atom. The maximum Gasteiger partial charge on any atom is 0.319 e. The van der Waals surface area contributed by atoms with Crippen LogP contribution in [0.15, 0.2) is 47.4 Å². The largest absolute Gasteiger partial charge is 0.377 e. The predicted octanol–water partition coefficient (Wildman–Crippen LogP) is 4.19. The second kappa shape index (κ2) is 11.9. The van der Waals surface area contributed by atoms with Gasteiger partial charge in [-0.25, -0.2) is 14.8 Å². The number of carbonyl (C=O) groups excluding carboxylic acids is 1. The molecule has 2 amide bonds. The number of ether oxygens (including phenoxy) is 1. The zero-order valence-corrected chi connectivity index (χ0v) is 24.7.